The molecule has 0 spiro atoms. The second kappa shape index (κ2) is 7.02. The van der Waals surface area contributed by atoms with E-state index < -0.39 is 0 Å². The molecule has 2 heterocycles. The molecule has 2 aromatic heterocycles. The molecule has 3 aromatic rings. The molecule has 6 heteroatoms. The van der Waals surface area contributed by atoms with Crippen LogP contribution in [-0.2, 0) is 6.42 Å². The molecule has 0 aliphatic rings. The summed E-state index contributed by atoms with van der Waals surface area (Å²) in [6, 6.07) is 13.7. The van der Waals surface area contributed by atoms with Gasteiger partial charge in [-0.25, -0.2) is 5.43 Å². The molecule has 23 heavy (non-hydrogen) atoms. The van der Waals surface area contributed by atoms with Crippen LogP contribution in [0.15, 0.2) is 52.9 Å². The van der Waals surface area contributed by atoms with Gasteiger partial charge in [0.1, 0.15) is 5.69 Å². The number of carbonyl (C=O) groups is 1. The summed E-state index contributed by atoms with van der Waals surface area (Å²) in [6.07, 6.45) is 2.61. The lowest BCUT2D eigenvalue weighted by Gasteiger charge is -1.98. The number of nitrogens with one attached hydrogen (secondary N) is 2. The number of hydrogen-bond donors (Lipinski definition) is 2. The van der Waals surface area contributed by atoms with Crippen molar-refractivity contribution in [2.24, 2.45) is 5.10 Å². The summed E-state index contributed by atoms with van der Waals surface area (Å²) in [6.45, 7) is 2.11. The van der Waals surface area contributed by atoms with Gasteiger partial charge in [-0.2, -0.15) is 10.2 Å². The van der Waals surface area contributed by atoms with E-state index in [0.29, 0.717) is 5.69 Å². The van der Waals surface area contributed by atoms with Crippen LogP contribution < -0.4 is 5.43 Å². The van der Waals surface area contributed by atoms with Gasteiger partial charge in [0.15, 0.2) is 0 Å². The largest absolute Gasteiger partial charge is 0.289 e. The highest BCUT2D eigenvalue weighted by Gasteiger charge is 2.10. The van der Waals surface area contributed by atoms with Crippen molar-refractivity contribution in [3.63, 3.8) is 0 Å². The lowest BCUT2D eigenvalue weighted by atomic mass is 10.1. The predicted molar refractivity (Wildman–Crippen MR) is 92.8 cm³/mol. The number of H-pyrrole nitrogens is 1. The van der Waals surface area contributed by atoms with Crippen molar-refractivity contribution in [1.82, 2.24) is 15.6 Å². The lowest BCUT2D eigenvalue weighted by molar-refractivity contribution is 0.0950. The third-order valence-electron chi connectivity index (χ3n) is 3.38. The van der Waals surface area contributed by atoms with Crippen molar-refractivity contribution < 1.29 is 4.79 Å². The second-order valence-corrected chi connectivity index (χ2v) is 5.91. The standard InChI is InChI=1S/C17H16N4OS/c1-2-12-5-7-13(8-6-12)15-10-16(20-19-15)17(22)21-18-11-14-4-3-9-23-14/h3-11H,2H2,1H3,(H,19,20)(H,21,22). The van der Waals surface area contributed by atoms with E-state index in [9.17, 15) is 4.79 Å². The Morgan fingerprint density at radius 2 is 2.17 bits per heavy atom. The van der Waals surface area contributed by atoms with Gasteiger partial charge < -0.3 is 0 Å². The predicted octanol–water partition coefficient (Wildman–Crippen LogP) is 3.46. The Hall–Kier alpha value is -2.73. The van der Waals surface area contributed by atoms with Gasteiger partial charge in [0, 0.05) is 10.4 Å². The number of carbonyl (C=O) groups excluding carboxylic acids is 1. The second-order valence-electron chi connectivity index (χ2n) is 4.93. The molecule has 0 radical (unpaired) electrons. The van der Waals surface area contributed by atoms with Crippen molar-refractivity contribution in [2.45, 2.75) is 13.3 Å². The van der Waals surface area contributed by atoms with Crippen molar-refractivity contribution in [1.29, 1.82) is 0 Å². The monoisotopic (exact) mass is 324 g/mol. The van der Waals surface area contributed by atoms with Crippen LogP contribution >= 0.6 is 11.3 Å². The zero-order chi connectivity index (χ0) is 16.1. The van der Waals surface area contributed by atoms with Crippen LogP contribution in [0.3, 0.4) is 0 Å². The van der Waals surface area contributed by atoms with E-state index in [1.165, 1.54) is 5.56 Å². The Kier molecular flexibility index (Phi) is 4.63. The van der Waals surface area contributed by atoms with E-state index in [4.69, 9.17) is 0 Å². The molecule has 0 atom stereocenters. The average Bonchev–Trinajstić information content (AvgIpc) is 3.26. The fourth-order valence-corrected chi connectivity index (χ4v) is 2.66. The molecule has 3 rings (SSSR count). The Morgan fingerprint density at radius 3 is 2.87 bits per heavy atom. The molecule has 0 aliphatic carbocycles. The summed E-state index contributed by atoms with van der Waals surface area (Å²) in [4.78, 5) is 13.0. The van der Waals surface area contributed by atoms with Crippen molar-refractivity contribution in [3.8, 4) is 11.3 Å². The van der Waals surface area contributed by atoms with E-state index in [2.05, 4.69) is 39.8 Å². The maximum Gasteiger partial charge on any atom is 0.289 e. The maximum atomic E-state index is 12.0. The highest BCUT2D eigenvalue weighted by atomic mass is 32.1. The van der Waals surface area contributed by atoms with Crippen LogP contribution in [0.5, 0.6) is 0 Å². The zero-order valence-electron chi connectivity index (χ0n) is 12.6. The van der Waals surface area contributed by atoms with Crippen LogP contribution in [0.25, 0.3) is 11.3 Å². The third kappa shape index (κ3) is 3.73. The molecule has 0 aliphatic heterocycles. The molecule has 0 saturated carbocycles. The molecular formula is C17H16N4OS. The Bertz CT molecular complexity index is 804. The fraction of sp³-hybridized carbons (Fsp3) is 0.118. The Balaban J connectivity index is 1.67. The number of nitrogens with zero attached hydrogens (tertiary/aromatic N) is 2. The summed E-state index contributed by atoms with van der Waals surface area (Å²) >= 11 is 1.55. The van der Waals surface area contributed by atoms with E-state index in [1.54, 1.807) is 23.6 Å². The molecule has 0 fully saturated rings. The number of aromatic amines is 1. The van der Waals surface area contributed by atoms with E-state index in [1.807, 2.05) is 29.6 Å². The molecule has 1 amide bonds. The van der Waals surface area contributed by atoms with Gasteiger partial charge in [0.25, 0.3) is 5.91 Å². The first-order valence-electron chi connectivity index (χ1n) is 7.28. The number of aryl methyl sites for hydroxylation is 1. The topological polar surface area (TPSA) is 70.1 Å². The fourth-order valence-electron chi connectivity index (χ4n) is 2.08. The number of rotatable bonds is 5. The van der Waals surface area contributed by atoms with Crippen LogP contribution in [0.4, 0.5) is 0 Å². The molecule has 2 N–H and O–H groups in total. The highest BCUT2D eigenvalue weighted by molar-refractivity contribution is 7.11. The number of amides is 1. The SMILES string of the molecule is CCc1ccc(-c2cc(C(=O)NN=Cc3cccs3)[nH]n2)cc1. The zero-order valence-corrected chi connectivity index (χ0v) is 13.4. The molecule has 0 unspecified atom stereocenters. The lowest BCUT2D eigenvalue weighted by Crippen LogP contribution is -2.17. The van der Waals surface area contributed by atoms with Gasteiger partial charge in [-0.05, 0) is 29.5 Å². The smallest absolute Gasteiger partial charge is 0.272 e. The van der Waals surface area contributed by atoms with Gasteiger partial charge in [0.05, 0.1) is 11.9 Å². The van der Waals surface area contributed by atoms with Crippen molar-refractivity contribution in [3.05, 3.63) is 64.0 Å². The summed E-state index contributed by atoms with van der Waals surface area (Å²) in [5.41, 5.74) is 5.84. The van der Waals surface area contributed by atoms with Gasteiger partial charge >= 0.3 is 0 Å². The van der Waals surface area contributed by atoms with E-state index in [-0.39, 0.29) is 5.91 Å². The highest BCUT2D eigenvalue weighted by Crippen LogP contribution is 2.18. The summed E-state index contributed by atoms with van der Waals surface area (Å²) < 4.78 is 0. The van der Waals surface area contributed by atoms with Gasteiger partial charge in [-0.3, -0.25) is 9.89 Å². The molecule has 116 valence electrons. The first-order chi connectivity index (χ1) is 11.3. The average molecular weight is 324 g/mol. The number of aromatic nitrogens is 2. The quantitative estimate of drug-likeness (QED) is 0.557. The Labute approximate surface area is 138 Å². The van der Waals surface area contributed by atoms with Crippen LogP contribution in [0, 0.1) is 0 Å². The normalized spacial score (nSPS) is 11.0. The van der Waals surface area contributed by atoms with E-state index in [0.717, 1.165) is 22.6 Å². The molecular weight excluding hydrogens is 308 g/mol. The molecule has 0 bridgehead atoms. The summed E-state index contributed by atoms with van der Waals surface area (Å²) in [5.74, 6) is -0.318. The maximum absolute atomic E-state index is 12.0. The summed E-state index contributed by atoms with van der Waals surface area (Å²) in [5, 5.41) is 12.8. The number of benzene rings is 1. The number of hydrazone groups is 1. The minimum absolute atomic E-state index is 0.318. The van der Waals surface area contributed by atoms with Gasteiger partial charge in [-0.1, -0.05) is 37.3 Å². The van der Waals surface area contributed by atoms with Gasteiger partial charge in [0.2, 0.25) is 0 Å². The minimum atomic E-state index is -0.318. The van der Waals surface area contributed by atoms with E-state index >= 15 is 0 Å². The first kappa shape index (κ1) is 15.2. The van der Waals surface area contributed by atoms with Crippen LogP contribution in [0.2, 0.25) is 0 Å². The number of hydrogen-bond acceptors (Lipinski definition) is 4. The van der Waals surface area contributed by atoms with Crippen LogP contribution in [0.1, 0.15) is 27.9 Å². The molecule has 0 saturated heterocycles. The molecule has 1 aromatic carbocycles. The molecule has 5 nitrogen and oxygen atoms in total. The summed E-state index contributed by atoms with van der Waals surface area (Å²) in [7, 11) is 0. The third-order valence-corrected chi connectivity index (χ3v) is 4.19. The minimum Gasteiger partial charge on any atom is -0.272 e. The Morgan fingerprint density at radius 1 is 1.35 bits per heavy atom. The number of thiophene rings is 1. The first-order valence-corrected chi connectivity index (χ1v) is 8.16. The van der Waals surface area contributed by atoms with Crippen molar-refractivity contribution in [2.75, 3.05) is 0 Å². The van der Waals surface area contributed by atoms with Gasteiger partial charge in [-0.15, -0.1) is 11.3 Å². The van der Waals surface area contributed by atoms with Crippen molar-refractivity contribution >= 4 is 23.5 Å². The van der Waals surface area contributed by atoms with Crippen LogP contribution in [-0.4, -0.2) is 22.3 Å².